The molecular weight excluding hydrogens is 258 g/mol. The largest absolute Gasteiger partial charge is 0.240 e. The van der Waals surface area contributed by atoms with Gasteiger partial charge in [-0.25, -0.2) is 15.0 Å². The van der Waals surface area contributed by atoms with Crippen molar-refractivity contribution in [2.75, 3.05) is 6.26 Å². The molecule has 0 saturated carbocycles. The van der Waals surface area contributed by atoms with Gasteiger partial charge in [0.05, 0.1) is 6.20 Å². The number of amidine groups is 2. The highest BCUT2D eigenvalue weighted by Gasteiger charge is 2.33. The Bertz CT molecular complexity index is 626. The van der Waals surface area contributed by atoms with E-state index in [2.05, 4.69) is 21.5 Å². The van der Waals surface area contributed by atoms with Gasteiger partial charge in [-0.2, -0.15) is 10.7 Å². The fourth-order valence-corrected chi connectivity index (χ4v) is 2.45. The van der Waals surface area contributed by atoms with Crippen molar-refractivity contribution in [3.8, 4) is 6.07 Å². The highest BCUT2D eigenvalue weighted by molar-refractivity contribution is 8.13. The van der Waals surface area contributed by atoms with Crippen molar-refractivity contribution in [2.45, 2.75) is 6.17 Å². The Morgan fingerprint density at radius 3 is 2.84 bits per heavy atom. The summed E-state index contributed by atoms with van der Waals surface area (Å²) in [4.78, 5) is 8.83. The van der Waals surface area contributed by atoms with E-state index in [1.807, 2.05) is 36.6 Å². The van der Waals surface area contributed by atoms with Gasteiger partial charge in [0.1, 0.15) is 17.8 Å². The third-order valence-corrected chi connectivity index (χ3v) is 3.52. The number of hydrazine groups is 1. The Morgan fingerprint density at radius 2 is 2.16 bits per heavy atom. The van der Waals surface area contributed by atoms with Gasteiger partial charge in [0.15, 0.2) is 11.0 Å². The molecule has 94 valence electrons. The topological polar surface area (TPSA) is 63.8 Å². The number of fused-ring (bicyclic) bond motifs is 1. The molecule has 1 aromatic carbocycles. The molecule has 3 rings (SSSR count). The van der Waals surface area contributed by atoms with E-state index in [9.17, 15) is 0 Å². The summed E-state index contributed by atoms with van der Waals surface area (Å²) >= 11 is 1.51. The quantitative estimate of drug-likeness (QED) is 0.847. The number of hydrogen-bond donors (Lipinski definition) is 1. The summed E-state index contributed by atoms with van der Waals surface area (Å²) in [6.45, 7) is 0. The van der Waals surface area contributed by atoms with Crippen LogP contribution in [0.5, 0.6) is 0 Å². The molecule has 1 N–H and O–H groups in total. The molecule has 2 aliphatic heterocycles. The van der Waals surface area contributed by atoms with Crippen LogP contribution in [0.3, 0.4) is 0 Å². The SMILES string of the molecule is CSC1=NC=C(C#N)C2=N[C@@H](c3ccccc3)NN12. The lowest BCUT2D eigenvalue weighted by Gasteiger charge is -2.23. The van der Waals surface area contributed by atoms with Crippen molar-refractivity contribution in [1.82, 2.24) is 10.4 Å². The van der Waals surface area contributed by atoms with Crippen molar-refractivity contribution >= 4 is 22.8 Å². The van der Waals surface area contributed by atoms with Crippen LogP contribution in [0.15, 0.2) is 52.1 Å². The van der Waals surface area contributed by atoms with Crippen LogP contribution in [0, 0.1) is 11.3 Å². The van der Waals surface area contributed by atoms with E-state index in [4.69, 9.17) is 5.26 Å². The highest BCUT2D eigenvalue weighted by atomic mass is 32.2. The summed E-state index contributed by atoms with van der Waals surface area (Å²) in [5, 5.41) is 11.7. The summed E-state index contributed by atoms with van der Waals surface area (Å²) in [6, 6.07) is 12.0. The highest BCUT2D eigenvalue weighted by Crippen LogP contribution is 2.26. The third kappa shape index (κ3) is 2.03. The van der Waals surface area contributed by atoms with E-state index >= 15 is 0 Å². The molecule has 0 bridgehead atoms. The van der Waals surface area contributed by atoms with E-state index in [0.717, 1.165) is 10.7 Å². The molecule has 2 aliphatic rings. The molecule has 0 unspecified atom stereocenters. The van der Waals surface area contributed by atoms with Crippen molar-refractivity contribution in [3.05, 3.63) is 47.7 Å². The number of nitriles is 1. The maximum atomic E-state index is 9.12. The Morgan fingerprint density at radius 1 is 1.37 bits per heavy atom. The maximum absolute atomic E-state index is 9.12. The third-order valence-electron chi connectivity index (χ3n) is 2.87. The van der Waals surface area contributed by atoms with Gasteiger partial charge in [0, 0.05) is 0 Å². The summed E-state index contributed by atoms with van der Waals surface area (Å²) in [5.41, 5.74) is 4.79. The van der Waals surface area contributed by atoms with Gasteiger partial charge >= 0.3 is 0 Å². The first kappa shape index (κ1) is 12.0. The fourth-order valence-electron chi connectivity index (χ4n) is 1.97. The molecule has 0 saturated heterocycles. The lowest BCUT2D eigenvalue weighted by atomic mass is 10.2. The number of aliphatic imine (C=N–C) groups is 2. The number of benzene rings is 1. The minimum atomic E-state index is -0.177. The molecule has 2 heterocycles. The molecule has 19 heavy (non-hydrogen) atoms. The second-order valence-corrected chi connectivity index (χ2v) is 4.77. The number of nitrogens with one attached hydrogen (secondary N) is 1. The average molecular weight is 269 g/mol. The lowest BCUT2D eigenvalue weighted by molar-refractivity contribution is 0.424. The minimum absolute atomic E-state index is 0.177. The van der Waals surface area contributed by atoms with Crippen molar-refractivity contribution < 1.29 is 0 Å². The summed E-state index contributed by atoms with van der Waals surface area (Å²) in [6.07, 6.45) is 3.33. The van der Waals surface area contributed by atoms with E-state index in [0.29, 0.717) is 11.4 Å². The number of rotatable bonds is 1. The van der Waals surface area contributed by atoms with Gasteiger partial charge in [0.25, 0.3) is 0 Å². The molecule has 0 amide bonds. The minimum Gasteiger partial charge on any atom is -0.240 e. The Labute approximate surface area is 115 Å². The molecule has 0 spiro atoms. The van der Waals surface area contributed by atoms with Crippen LogP contribution in [-0.2, 0) is 0 Å². The van der Waals surface area contributed by atoms with Crippen LogP contribution in [0.25, 0.3) is 0 Å². The first-order chi connectivity index (χ1) is 9.33. The fraction of sp³-hybridized carbons (Fsp3) is 0.154. The first-order valence-electron chi connectivity index (χ1n) is 5.75. The molecule has 1 aromatic rings. The lowest BCUT2D eigenvalue weighted by Crippen LogP contribution is -2.43. The van der Waals surface area contributed by atoms with Crippen LogP contribution in [0.4, 0.5) is 0 Å². The van der Waals surface area contributed by atoms with E-state index < -0.39 is 0 Å². The van der Waals surface area contributed by atoms with E-state index in [1.165, 1.54) is 11.8 Å². The first-order valence-corrected chi connectivity index (χ1v) is 6.97. The standard InChI is InChI=1S/C13H11N5S/c1-19-13-15-8-10(7-14)12-16-11(17-18(12)13)9-5-3-2-4-6-9/h2-6,8,11,17H,1H3/t11-/m1/s1. The van der Waals surface area contributed by atoms with Crippen LogP contribution in [-0.4, -0.2) is 22.3 Å². The molecule has 5 nitrogen and oxygen atoms in total. The Hall–Kier alpha value is -2.10. The van der Waals surface area contributed by atoms with Gasteiger partial charge in [-0.3, -0.25) is 0 Å². The van der Waals surface area contributed by atoms with Gasteiger partial charge in [-0.1, -0.05) is 42.1 Å². The average Bonchev–Trinajstić information content (AvgIpc) is 2.92. The van der Waals surface area contributed by atoms with Crippen LogP contribution >= 0.6 is 11.8 Å². The second kappa shape index (κ2) is 4.88. The number of hydrogen-bond acceptors (Lipinski definition) is 6. The summed E-state index contributed by atoms with van der Waals surface area (Å²) in [5.74, 6) is 0.635. The molecule has 6 heteroatoms. The monoisotopic (exact) mass is 269 g/mol. The predicted molar refractivity (Wildman–Crippen MR) is 76.2 cm³/mol. The molecule has 0 aromatic heterocycles. The zero-order chi connectivity index (χ0) is 13.2. The second-order valence-electron chi connectivity index (χ2n) is 4.00. The predicted octanol–water partition coefficient (Wildman–Crippen LogP) is 2.04. The zero-order valence-electron chi connectivity index (χ0n) is 10.2. The van der Waals surface area contributed by atoms with Crippen LogP contribution < -0.4 is 5.43 Å². The van der Waals surface area contributed by atoms with Gasteiger partial charge in [-0.05, 0) is 11.8 Å². The molecule has 1 atom stereocenters. The molecule has 0 aliphatic carbocycles. The molecule has 0 fully saturated rings. The summed E-state index contributed by atoms with van der Waals surface area (Å²) < 4.78 is 0. The van der Waals surface area contributed by atoms with E-state index in [-0.39, 0.29) is 6.17 Å². The molecular formula is C13H11N5S. The van der Waals surface area contributed by atoms with Crippen molar-refractivity contribution in [3.63, 3.8) is 0 Å². The maximum Gasteiger partial charge on any atom is 0.184 e. The van der Waals surface area contributed by atoms with Crippen molar-refractivity contribution in [1.29, 1.82) is 5.26 Å². The van der Waals surface area contributed by atoms with Gasteiger partial charge in [-0.15, -0.1) is 0 Å². The normalized spacial score (nSPS) is 21.2. The zero-order valence-corrected chi connectivity index (χ0v) is 11.1. The Kier molecular flexibility index (Phi) is 3.07. The molecule has 0 radical (unpaired) electrons. The smallest absolute Gasteiger partial charge is 0.184 e. The van der Waals surface area contributed by atoms with Crippen LogP contribution in [0.1, 0.15) is 11.7 Å². The number of thioether (sulfide) groups is 1. The number of nitrogens with zero attached hydrogens (tertiary/aromatic N) is 4. The van der Waals surface area contributed by atoms with Gasteiger partial charge in [0.2, 0.25) is 0 Å². The Balaban J connectivity index is 1.98. The van der Waals surface area contributed by atoms with Crippen molar-refractivity contribution in [2.24, 2.45) is 9.98 Å². The van der Waals surface area contributed by atoms with Crippen LogP contribution in [0.2, 0.25) is 0 Å². The van der Waals surface area contributed by atoms with E-state index in [1.54, 1.807) is 11.2 Å². The van der Waals surface area contributed by atoms with Gasteiger partial charge < -0.3 is 0 Å². The summed E-state index contributed by atoms with van der Waals surface area (Å²) in [7, 11) is 0.